The number of carbonyl (C=O) groups is 1. The van der Waals surface area contributed by atoms with Crippen molar-refractivity contribution in [1.82, 2.24) is 15.2 Å². The molecule has 130 valence electrons. The van der Waals surface area contributed by atoms with Crippen molar-refractivity contribution < 1.29 is 13.6 Å². The van der Waals surface area contributed by atoms with Crippen molar-refractivity contribution in [2.45, 2.75) is 19.5 Å². The Hall–Kier alpha value is -2.54. The van der Waals surface area contributed by atoms with Crippen molar-refractivity contribution in [2.75, 3.05) is 7.05 Å². The molecule has 1 aromatic heterocycles. The van der Waals surface area contributed by atoms with Gasteiger partial charge in [0.15, 0.2) is 11.6 Å². The van der Waals surface area contributed by atoms with Gasteiger partial charge in [0, 0.05) is 7.05 Å². The number of thiazole rings is 1. The van der Waals surface area contributed by atoms with Gasteiger partial charge in [-0.25, -0.2) is 18.6 Å². The summed E-state index contributed by atoms with van der Waals surface area (Å²) in [6.07, 6.45) is 0. The second-order valence-electron chi connectivity index (χ2n) is 5.78. The van der Waals surface area contributed by atoms with E-state index < -0.39 is 17.7 Å². The van der Waals surface area contributed by atoms with Crippen LogP contribution >= 0.6 is 11.3 Å². The molecule has 0 fully saturated rings. The fraction of sp³-hybridized carbons (Fsp3) is 0.222. The summed E-state index contributed by atoms with van der Waals surface area (Å²) >= 11 is 1.54. The molecule has 2 aromatic carbocycles. The highest BCUT2D eigenvalue weighted by atomic mass is 32.1. The zero-order chi connectivity index (χ0) is 18.0. The van der Waals surface area contributed by atoms with Crippen LogP contribution in [-0.4, -0.2) is 23.0 Å². The van der Waals surface area contributed by atoms with Crippen LogP contribution in [0.15, 0.2) is 42.5 Å². The van der Waals surface area contributed by atoms with E-state index in [9.17, 15) is 13.6 Å². The molecule has 25 heavy (non-hydrogen) atoms. The molecule has 0 aliphatic heterocycles. The molecular formula is C18H17F2N3OS. The lowest BCUT2D eigenvalue weighted by molar-refractivity contribution is 0.203. The first-order chi connectivity index (χ1) is 11.9. The average molecular weight is 361 g/mol. The minimum Gasteiger partial charge on any atom is -0.331 e. The van der Waals surface area contributed by atoms with E-state index in [4.69, 9.17) is 0 Å². The van der Waals surface area contributed by atoms with Gasteiger partial charge in [0.05, 0.1) is 22.8 Å². The molecule has 1 atom stereocenters. The van der Waals surface area contributed by atoms with Gasteiger partial charge in [-0.1, -0.05) is 18.2 Å². The number of nitrogens with zero attached hydrogens (tertiary/aromatic N) is 2. The molecule has 1 unspecified atom stereocenters. The summed E-state index contributed by atoms with van der Waals surface area (Å²) in [5.41, 5.74) is 1.41. The number of aromatic nitrogens is 1. The predicted molar refractivity (Wildman–Crippen MR) is 94.4 cm³/mol. The first-order valence-corrected chi connectivity index (χ1v) is 8.56. The lowest BCUT2D eigenvalue weighted by atomic mass is 10.1. The minimum absolute atomic E-state index is 0.309. The number of fused-ring (bicyclic) bond motifs is 1. The summed E-state index contributed by atoms with van der Waals surface area (Å²) in [5, 5.41) is 3.60. The van der Waals surface area contributed by atoms with E-state index in [1.807, 2.05) is 24.3 Å². The number of urea groups is 1. The van der Waals surface area contributed by atoms with Crippen molar-refractivity contribution >= 4 is 27.6 Å². The molecule has 0 bridgehead atoms. The summed E-state index contributed by atoms with van der Waals surface area (Å²) in [7, 11) is 1.67. The minimum atomic E-state index is -0.929. The molecule has 2 amide bonds. The second kappa shape index (κ2) is 7.14. The molecule has 1 heterocycles. The number of carbonyl (C=O) groups excluding carboxylic acids is 1. The van der Waals surface area contributed by atoms with Gasteiger partial charge < -0.3 is 10.2 Å². The Morgan fingerprint density at radius 2 is 2.00 bits per heavy atom. The van der Waals surface area contributed by atoms with Gasteiger partial charge in [-0.3, -0.25) is 0 Å². The van der Waals surface area contributed by atoms with Crippen LogP contribution in [0, 0.1) is 11.6 Å². The van der Waals surface area contributed by atoms with E-state index in [1.54, 1.807) is 14.0 Å². The van der Waals surface area contributed by atoms with Crippen LogP contribution in [0.2, 0.25) is 0 Å². The van der Waals surface area contributed by atoms with Crippen molar-refractivity contribution in [3.63, 3.8) is 0 Å². The predicted octanol–water partition coefficient (Wildman–Crippen LogP) is 4.48. The third-order valence-electron chi connectivity index (χ3n) is 3.84. The molecule has 7 heteroatoms. The van der Waals surface area contributed by atoms with E-state index in [1.165, 1.54) is 22.3 Å². The van der Waals surface area contributed by atoms with Gasteiger partial charge in [-0.2, -0.15) is 0 Å². The van der Waals surface area contributed by atoms with Gasteiger partial charge in [-0.15, -0.1) is 11.3 Å². The zero-order valence-corrected chi connectivity index (χ0v) is 14.6. The molecule has 0 spiro atoms. The molecule has 0 aliphatic rings. The quantitative estimate of drug-likeness (QED) is 0.745. The van der Waals surface area contributed by atoms with E-state index in [0.717, 1.165) is 27.4 Å². The standard InChI is InChI=1S/C18H17F2N3OS/c1-11(12-7-8-13(19)14(20)9-12)21-18(24)23(2)10-17-22-15-5-3-4-6-16(15)25-17/h3-9,11H,10H2,1-2H3,(H,21,24). The number of hydrogen-bond donors (Lipinski definition) is 1. The number of hydrogen-bond acceptors (Lipinski definition) is 3. The van der Waals surface area contributed by atoms with Gasteiger partial charge in [0.1, 0.15) is 5.01 Å². The smallest absolute Gasteiger partial charge is 0.317 e. The van der Waals surface area contributed by atoms with Crippen LogP contribution in [0.5, 0.6) is 0 Å². The SMILES string of the molecule is CC(NC(=O)N(C)Cc1nc2ccccc2s1)c1ccc(F)c(F)c1. The summed E-state index contributed by atoms with van der Waals surface area (Å²) < 4.78 is 27.4. The number of para-hydroxylation sites is 1. The lowest BCUT2D eigenvalue weighted by Gasteiger charge is -2.21. The van der Waals surface area contributed by atoms with Crippen molar-refractivity contribution in [3.8, 4) is 0 Å². The van der Waals surface area contributed by atoms with E-state index in [-0.39, 0.29) is 6.03 Å². The highest BCUT2D eigenvalue weighted by Crippen LogP contribution is 2.22. The molecule has 0 saturated carbocycles. The van der Waals surface area contributed by atoms with Crippen LogP contribution in [0.3, 0.4) is 0 Å². The second-order valence-corrected chi connectivity index (χ2v) is 6.89. The fourth-order valence-electron chi connectivity index (χ4n) is 2.42. The number of amides is 2. The molecule has 0 saturated heterocycles. The highest BCUT2D eigenvalue weighted by molar-refractivity contribution is 7.18. The molecule has 3 rings (SSSR count). The van der Waals surface area contributed by atoms with Crippen LogP contribution < -0.4 is 5.32 Å². The Kier molecular flexibility index (Phi) is 4.94. The lowest BCUT2D eigenvalue weighted by Crippen LogP contribution is -2.38. The van der Waals surface area contributed by atoms with E-state index in [0.29, 0.717) is 12.1 Å². The zero-order valence-electron chi connectivity index (χ0n) is 13.8. The summed E-state index contributed by atoms with van der Waals surface area (Å²) in [4.78, 5) is 18.3. The Labute approximate surface area is 148 Å². The summed E-state index contributed by atoms with van der Waals surface area (Å²) in [6, 6.07) is 10.6. The first-order valence-electron chi connectivity index (χ1n) is 7.75. The van der Waals surface area contributed by atoms with Crippen LogP contribution in [0.25, 0.3) is 10.2 Å². The van der Waals surface area contributed by atoms with Crippen LogP contribution in [0.4, 0.5) is 13.6 Å². The Morgan fingerprint density at radius 1 is 1.24 bits per heavy atom. The maximum absolute atomic E-state index is 13.3. The molecule has 1 N–H and O–H groups in total. The van der Waals surface area contributed by atoms with Crippen molar-refractivity contribution in [3.05, 3.63) is 64.7 Å². The molecular weight excluding hydrogens is 344 g/mol. The number of benzene rings is 2. The Bertz CT molecular complexity index is 879. The third-order valence-corrected chi connectivity index (χ3v) is 4.86. The molecule has 3 aromatic rings. The highest BCUT2D eigenvalue weighted by Gasteiger charge is 2.16. The Morgan fingerprint density at radius 3 is 2.72 bits per heavy atom. The molecule has 0 radical (unpaired) electrons. The number of rotatable bonds is 4. The monoisotopic (exact) mass is 361 g/mol. The normalized spacial score (nSPS) is 12.2. The van der Waals surface area contributed by atoms with Crippen LogP contribution in [0.1, 0.15) is 23.5 Å². The Balaban J connectivity index is 1.64. The summed E-state index contributed by atoms with van der Waals surface area (Å²) in [6.45, 7) is 2.09. The maximum atomic E-state index is 13.3. The van der Waals surface area contributed by atoms with Crippen LogP contribution in [-0.2, 0) is 6.54 Å². The van der Waals surface area contributed by atoms with Gasteiger partial charge in [0.2, 0.25) is 0 Å². The third kappa shape index (κ3) is 3.93. The van der Waals surface area contributed by atoms with Gasteiger partial charge >= 0.3 is 6.03 Å². The molecule has 4 nitrogen and oxygen atoms in total. The van der Waals surface area contributed by atoms with Crippen molar-refractivity contribution in [1.29, 1.82) is 0 Å². The average Bonchev–Trinajstić information content (AvgIpc) is 2.99. The fourth-order valence-corrected chi connectivity index (χ4v) is 3.44. The maximum Gasteiger partial charge on any atom is 0.317 e. The van der Waals surface area contributed by atoms with Gasteiger partial charge in [-0.05, 0) is 36.8 Å². The van der Waals surface area contributed by atoms with E-state index >= 15 is 0 Å². The summed E-state index contributed by atoms with van der Waals surface area (Å²) in [5.74, 6) is -1.84. The van der Waals surface area contributed by atoms with E-state index in [2.05, 4.69) is 10.3 Å². The first kappa shape index (κ1) is 17.3. The largest absolute Gasteiger partial charge is 0.331 e. The van der Waals surface area contributed by atoms with Crippen molar-refractivity contribution in [2.24, 2.45) is 0 Å². The van der Waals surface area contributed by atoms with Gasteiger partial charge in [0.25, 0.3) is 0 Å². The topological polar surface area (TPSA) is 45.2 Å². The number of halogens is 2. The molecule has 0 aliphatic carbocycles. The number of nitrogens with one attached hydrogen (secondary N) is 1.